The smallest absolute Gasteiger partial charge is 0.422 e. The third-order valence-corrected chi connectivity index (χ3v) is 4.42. The van der Waals surface area contributed by atoms with Gasteiger partial charge < -0.3 is 19.8 Å². The summed E-state index contributed by atoms with van der Waals surface area (Å²) >= 11 is 2.92. The molecule has 1 aromatic carbocycles. The summed E-state index contributed by atoms with van der Waals surface area (Å²) in [6.07, 6.45) is -4.51. The zero-order valence-corrected chi connectivity index (χ0v) is 16.5. The number of nitrogens with zero attached hydrogens (tertiary/aromatic N) is 3. The highest BCUT2D eigenvalue weighted by Crippen LogP contribution is 2.38. The van der Waals surface area contributed by atoms with Gasteiger partial charge in [0.05, 0.1) is 11.3 Å². The molecule has 0 aliphatic carbocycles. The van der Waals surface area contributed by atoms with Gasteiger partial charge in [0, 0.05) is 0 Å². The second-order valence-corrected chi connectivity index (χ2v) is 6.83. The van der Waals surface area contributed by atoms with Crippen LogP contribution in [0.2, 0.25) is 0 Å². The zero-order valence-electron chi connectivity index (χ0n) is 14.9. The van der Waals surface area contributed by atoms with Gasteiger partial charge in [-0.15, -0.1) is 0 Å². The minimum atomic E-state index is -5.73. The molecule has 32 heavy (non-hydrogen) atoms. The Morgan fingerprint density at radius 1 is 1.16 bits per heavy atom. The molecule has 0 aliphatic rings. The van der Waals surface area contributed by atoms with Gasteiger partial charge in [-0.05, 0) is 33.0 Å². The highest BCUT2D eigenvalue weighted by Gasteiger charge is 2.42. The lowest BCUT2D eigenvalue weighted by Crippen LogP contribution is -2.20. The quantitative estimate of drug-likeness (QED) is 0.216. The van der Waals surface area contributed by atoms with Gasteiger partial charge in [-0.1, -0.05) is 0 Å². The van der Waals surface area contributed by atoms with Crippen LogP contribution in [0.4, 0.5) is 42.2 Å². The average molecular weight is 531 g/mol. The van der Waals surface area contributed by atoms with Gasteiger partial charge >= 0.3 is 12.0 Å². The number of anilines is 1. The molecule has 2 aromatic heterocycles. The summed E-state index contributed by atoms with van der Waals surface area (Å²) in [4.78, 5) is 22.1. The van der Waals surface area contributed by atoms with Crippen molar-refractivity contribution in [2.75, 3.05) is 5.32 Å². The number of alkyl halides is 3. The van der Waals surface area contributed by atoms with Crippen molar-refractivity contribution in [1.82, 2.24) is 9.78 Å². The predicted octanol–water partition coefficient (Wildman–Crippen LogP) is 5.02. The first kappa shape index (κ1) is 23.2. The molecule has 0 radical (unpaired) electrons. The van der Waals surface area contributed by atoms with E-state index in [9.17, 15) is 45.6 Å². The Balaban J connectivity index is 1.84. The standard InChI is InChI=1S/C16H6BrF7N4O4/c17-6-4-27(26-14(6)28(30)31)3-5-1-2-7(32-5)15(29)25-13-11(20)9(18)8(16(22,23)24)10(19)12(13)21/h1-2,4H,3H2,(H,25,29). The summed E-state index contributed by atoms with van der Waals surface area (Å²) in [5.41, 5.74) is -4.58. The Labute approximate surface area is 179 Å². The lowest BCUT2D eigenvalue weighted by Gasteiger charge is -2.14. The van der Waals surface area contributed by atoms with Gasteiger partial charge in [0.1, 0.15) is 28.0 Å². The average Bonchev–Trinajstić information content (AvgIpc) is 3.29. The number of hydrogen-bond donors (Lipinski definition) is 1. The second kappa shape index (κ2) is 8.25. The highest BCUT2D eigenvalue weighted by molar-refractivity contribution is 9.10. The zero-order chi connectivity index (χ0) is 24.0. The van der Waals surface area contributed by atoms with Crippen LogP contribution in [0.5, 0.6) is 0 Å². The summed E-state index contributed by atoms with van der Waals surface area (Å²) in [6.45, 7) is -0.230. The molecule has 0 spiro atoms. The molecule has 3 rings (SSSR count). The molecule has 1 N–H and O–H groups in total. The maximum atomic E-state index is 13.9. The van der Waals surface area contributed by atoms with Crippen molar-refractivity contribution in [2.24, 2.45) is 0 Å². The Bertz CT molecular complexity index is 1210. The normalized spacial score (nSPS) is 11.6. The molecule has 3 aromatic rings. The third-order valence-electron chi connectivity index (χ3n) is 3.86. The number of halogens is 8. The Kier molecular flexibility index (Phi) is 5.99. The monoisotopic (exact) mass is 530 g/mol. The van der Waals surface area contributed by atoms with Gasteiger partial charge in [-0.2, -0.15) is 17.9 Å². The van der Waals surface area contributed by atoms with E-state index in [1.165, 1.54) is 17.6 Å². The van der Waals surface area contributed by atoms with Gasteiger partial charge in [0.25, 0.3) is 5.91 Å². The summed E-state index contributed by atoms with van der Waals surface area (Å²) in [5, 5.41) is 15.8. The van der Waals surface area contributed by atoms with Crippen molar-refractivity contribution in [3.8, 4) is 0 Å². The second-order valence-electron chi connectivity index (χ2n) is 5.98. The van der Waals surface area contributed by atoms with Crippen molar-refractivity contribution in [2.45, 2.75) is 12.7 Å². The maximum Gasteiger partial charge on any atom is 0.422 e. The fourth-order valence-corrected chi connectivity index (χ4v) is 2.96. The van der Waals surface area contributed by atoms with Gasteiger partial charge in [0.15, 0.2) is 29.0 Å². The van der Waals surface area contributed by atoms with E-state index >= 15 is 0 Å². The highest BCUT2D eigenvalue weighted by atomic mass is 79.9. The first-order chi connectivity index (χ1) is 14.8. The van der Waals surface area contributed by atoms with Crippen LogP contribution in [0, 0.1) is 33.4 Å². The van der Waals surface area contributed by atoms with Crippen molar-refractivity contribution in [3.63, 3.8) is 0 Å². The number of furan rings is 1. The molecule has 170 valence electrons. The molecule has 2 heterocycles. The summed E-state index contributed by atoms with van der Waals surface area (Å²) in [7, 11) is 0. The molecule has 0 saturated carbocycles. The fraction of sp³-hybridized carbons (Fsp3) is 0.125. The Morgan fingerprint density at radius 2 is 1.75 bits per heavy atom. The fourth-order valence-electron chi connectivity index (χ4n) is 2.50. The number of nitrogens with one attached hydrogen (secondary N) is 1. The van der Waals surface area contributed by atoms with Crippen LogP contribution in [0.15, 0.2) is 27.2 Å². The van der Waals surface area contributed by atoms with Gasteiger partial charge in [-0.25, -0.2) is 17.6 Å². The van der Waals surface area contributed by atoms with E-state index in [4.69, 9.17) is 4.42 Å². The number of rotatable bonds is 5. The molecule has 0 bridgehead atoms. The van der Waals surface area contributed by atoms with E-state index < -0.39 is 63.1 Å². The topological polar surface area (TPSA) is 103 Å². The Morgan fingerprint density at radius 3 is 2.25 bits per heavy atom. The van der Waals surface area contributed by atoms with E-state index in [-0.39, 0.29) is 16.8 Å². The van der Waals surface area contributed by atoms with E-state index in [1.54, 1.807) is 0 Å². The van der Waals surface area contributed by atoms with Crippen LogP contribution in [-0.2, 0) is 12.7 Å². The largest absolute Gasteiger partial charge is 0.454 e. The Hall–Kier alpha value is -3.43. The SMILES string of the molecule is O=C(Nc1c(F)c(F)c(C(F)(F)F)c(F)c1F)c1ccc(Cn2cc(Br)c([N+](=O)[O-])n2)o1. The van der Waals surface area contributed by atoms with Crippen LogP contribution in [0.3, 0.4) is 0 Å². The number of carbonyl (C=O) groups is 1. The molecule has 8 nitrogen and oxygen atoms in total. The summed E-state index contributed by atoms with van der Waals surface area (Å²) < 4.78 is 99.2. The van der Waals surface area contributed by atoms with Crippen molar-refractivity contribution < 1.29 is 44.9 Å². The molecular weight excluding hydrogens is 525 g/mol. The number of benzene rings is 1. The van der Waals surface area contributed by atoms with Crippen molar-refractivity contribution >= 4 is 33.3 Å². The number of carbonyl (C=O) groups excluding carboxylic acids is 1. The number of hydrogen-bond acceptors (Lipinski definition) is 5. The predicted molar refractivity (Wildman–Crippen MR) is 93.6 cm³/mol. The molecule has 0 saturated heterocycles. The first-order valence-electron chi connectivity index (χ1n) is 8.01. The summed E-state index contributed by atoms with van der Waals surface area (Å²) in [6, 6.07) is 2.15. The van der Waals surface area contributed by atoms with E-state index in [0.29, 0.717) is 0 Å². The lowest BCUT2D eigenvalue weighted by atomic mass is 10.1. The third kappa shape index (κ3) is 4.30. The molecular formula is C16H6BrF7N4O4. The molecule has 0 fully saturated rings. The van der Waals surface area contributed by atoms with Crippen molar-refractivity contribution in [1.29, 1.82) is 0 Å². The minimum absolute atomic E-state index is 0.0224. The number of aromatic nitrogens is 2. The van der Waals surface area contributed by atoms with Gasteiger partial charge in [0.2, 0.25) is 0 Å². The molecule has 1 amide bonds. The van der Waals surface area contributed by atoms with Crippen LogP contribution in [0.1, 0.15) is 21.9 Å². The molecule has 0 aliphatic heterocycles. The maximum absolute atomic E-state index is 13.9. The molecule has 0 unspecified atom stereocenters. The summed E-state index contributed by atoms with van der Waals surface area (Å²) in [5.74, 6) is -13.0. The van der Waals surface area contributed by atoms with E-state index in [0.717, 1.165) is 10.7 Å². The number of amides is 1. The van der Waals surface area contributed by atoms with Crippen LogP contribution in [-0.4, -0.2) is 20.6 Å². The number of nitro groups is 1. The van der Waals surface area contributed by atoms with Crippen LogP contribution >= 0.6 is 15.9 Å². The van der Waals surface area contributed by atoms with Gasteiger partial charge in [-0.3, -0.25) is 4.79 Å². The molecule has 16 heteroatoms. The first-order valence-corrected chi connectivity index (χ1v) is 8.81. The van der Waals surface area contributed by atoms with Crippen molar-refractivity contribution in [3.05, 3.63) is 73.3 Å². The van der Waals surface area contributed by atoms with E-state index in [2.05, 4.69) is 21.0 Å². The minimum Gasteiger partial charge on any atom is -0.454 e. The lowest BCUT2D eigenvalue weighted by molar-refractivity contribution is -0.390. The van der Waals surface area contributed by atoms with E-state index in [1.807, 2.05) is 0 Å². The van der Waals surface area contributed by atoms with Crippen LogP contribution < -0.4 is 5.32 Å². The molecule has 0 atom stereocenters. The van der Waals surface area contributed by atoms with Crippen LogP contribution in [0.25, 0.3) is 0 Å².